The molecule has 1 aliphatic carbocycles. The number of fused-ring (bicyclic) bond motifs is 1. The van der Waals surface area contributed by atoms with E-state index in [0.29, 0.717) is 30.6 Å². The van der Waals surface area contributed by atoms with Crippen LogP contribution in [0.25, 0.3) is 0 Å². The molecule has 126 valence electrons. The normalized spacial score (nSPS) is 16.3. The Morgan fingerprint density at radius 3 is 2.96 bits per heavy atom. The van der Waals surface area contributed by atoms with Gasteiger partial charge in [-0.05, 0) is 49.3 Å². The highest BCUT2D eigenvalue weighted by Gasteiger charge is 2.18. The number of hydrogen-bond donors (Lipinski definition) is 1. The summed E-state index contributed by atoms with van der Waals surface area (Å²) >= 11 is 0. The fourth-order valence-electron chi connectivity index (χ4n) is 2.94. The first-order valence-corrected chi connectivity index (χ1v) is 8.50. The fourth-order valence-corrected chi connectivity index (χ4v) is 2.94. The van der Waals surface area contributed by atoms with Gasteiger partial charge in [-0.2, -0.15) is 0 Å². The van der Waals surface area contributed by atoms with Gasteiger partial charge in [0.2, 0.25) is 5.88 Å². The number of carbonyl (C=O) groups is 1. The third-order valence-electron chi connectivity index (χ3n) is 4.29. The van der Waals surface area contributed by atoms with Gasteiger partial charge in [-0.25, -0.2) is 9.97 Å². The van der Waals surface area contributed by atoms with Crippen LogP contribution in [0.4, 0.5) is 0 Å². The number of carbonyl (C=O) groups excluding carboxylic acids is 1. The van der Waals surface area contributed by atoms with Crippen LogP contribution in [0.1, 0.15) is 47.6 Å². The maximum absolute atomic E-state index is 12.3. The molecule has 0 saturated carbocycles. The van der Waals surface area contributed by atoms with Crippen molar-refractivity contribution in [3.8, 4) is 5.88 Å². The van der Waals surface area contributed by atoms with E-state index in [0.717, 1.165) is 30.5 Å². The second-order valence-electron chi connectivity index (χ2n) is 6.27. The summed E-state index contributed by atoms with van der Waals surface area (Å²) < 4.78 is 5.31. The zero-order valence-corrected chi connectivity index (χ0v) is 14.2. The van der Waals surface area contributed by atoms with Gasteiger partial charge in [0.15, 0.2) is 0 Å². The summed E-state index contributed by atoms with van der Waals surface area (Å²) in [5.74, 6) is 1.15. The van der Waals surface area contributed by atoms with E-state index in [4.69, 9.17) is 4.74 Å². The molecule has 1 aliphatic rings. The van der Waals surface area contributed by atoms with E-state index in [-0.39, 0.29) is 5.91 Å². The number of rotatable bonds is 5. The van der Waals surface area contributed by atoms with Crippen LogP contribution in [-0.4, -0.2) is 22.5 Å². The van der Waals surface area contributed by atoms with E-state index in [2.05, 4.69) is 22.2 Å². The quantitative estimate of drug-likeness (QED) is 0.918. The van der Waals surface area contributed by atoms with Crippen LogP contribution in [0.15, 0.2) is 30.5 Å². The molecule has 0 spiro atoms. The Morgan fingerprint density at radius 1 is 1.33 bits per heavy atom. The monoisotopic (exact) mass is 325 g/mol. The zero-order chi connectivity index (χ0) is 16.9. The van der Waals surface area contributed by atoms with Crippen molar-refractivity contribution in [1.29, 1.82) is 0 Å². The second kappa shape index (κ2) is 7.43. The van der Waals surface area contributed by atoms with E-state index in [9.17, 15) is 4.79 Å². The summed E-state index contributed by atoms with van der Waals surface area (Å²) in [6, 6.07) is 7.58. The number of ether oxygens (including phenoxy) is 1. The predicted octanol–water partition coefficient (Wildman–Crippen LogP) is 2.93. The van der Waals surface area contributed by atoms with Crippen LogP contribution >= 0.6 is 0 Å². The maximum Gasteiger partial charge on any atom is 0.270 e. The number of nitrogens with zero attached hydrogens (tertiary/aromatic N) is 2. The van der Waals surface area contributed by atoms with Crippen LogP contribution in [0.3, 0.4) is 0 Å². The molecule has 2 aromatic rings. The minimum absolute atomic E-state index is 0.148. The first-order valence-electron chi connectivity index (χ1n) is 8.50. The van der Waals surface area contributed by atoms with Crippen molar-refractivity contribution < 1.29 is 9.53 Å². The van der Waals surface area contributed by atoms with Crippen molar-refractivity contribution in [2.75, 3.05) is 6.61 Å². The third-order valence-corrected chi connectivity index (χ3v) is 4.29. The lowest BCUT2D eigenvalue weighted by Crippen LogP contribution is -2.25. The van der Waals surface area contributed by atoms with Gasteiger partial charge in [0.1, 0.15) is 5.69 Å². The number of aromatic nitrogens is 2. The lowest BCUT2D eigenvalue weighted by atomic mass is 9.88. The average molecular weight is 325 g/mol. The summed E-state index contributed by atoms with van der Waals surface area (Å²) in [7, 11) is 0. The molecule has 1 N–H and O–H groups in total. The number of aryl methyl sites for hydroxylation is 1. The molecule has 24 heavy (non-hydrogen) atoms. The van der Waals surface area contributed by atoms with Crippen molar-refractivity contribution in [3.63, 3.8) is 0 Å². The Bertz CT molecular complexity index is 713. The van der Waals surface area contributed by atoms with Gasteiger partial charge in [0.05, 0.1) is 6.61 Å². The third kappa shape index (κ3) is 3.91. The standard InChI is InChI=1S/C19H23N3O2/c1-3-24-18-9-5-14(11-20-18)12-21-19(23)17-8-6-15-10-13(2)4-7-16(15)22-17/h5-6,8-9,11,13H,3-4,7,10,12H2,1-2H3,(H,21,23). The van der Waals surface area contributed by atoms with E-state index in [1.165, 1.54) is 5.56 Å². The molecule has 5 heteroatoms. The molecule has 0 saturated heterocycles. The minimum atomic E-state index is -0.148. The molecule has 2 heterocycles. The van der Waals surface area contributed by atoms with Crippen molar-refractivity contribution in [1.82, 2.24) is 15.3 Å². The smallest absolute Gasteiger partial charge is 0.270 e. The Hall–Kier alpha value is -2.43. The fraction of sp³-hybridized carbons (Fsp3) is 0.421. The average Bonchev–Trinajstić information content (AvgIpc) is 2.60. The summed E-state index contributed by atoms with van der Waals surface area (Å²) in [6.45, 7) is 5.19. The molecular formula is C19H23N3O2. The molecule has 0 bridgehead atoms. The molecule has 1 unspecified atom stereocenters. The summed E-state index contributed by atoms with van der Waals surface area (Å²) in [4.78, 5) is 21.1. The molecule has 0 fully saturated rings. The molecule has 3 rings (SSSR count). The highest BCUT2D eigenvalue weighted by atomic mass is 16.5. The molecule has 1 amide bonds. The van der Waals surface area contributed by atoms with Crippen LogP contribution in [0, 0.1) is 5.92 Å². The molecule has 1 atom stereocenters. The maximum atomic E-state index is 12.3. The first-order chi connectivity index (χ1) is 11.7. The van der Waals surface area contributed by atoms with E-state index in [1.54, 1.807) is 6.20 Å². The van der Waals surface area contributed by atoms with Crippen LogP contribution in [-0.2, 0) is 19.4 Å². The molecule has 2 aromatic heterocycles. The number of hydrogen-bond acceptors (Lipinski definition) is 4. The van der Waals surface area contributed by atoms with Crippen molar-refractivity contribution in [2.24, 2.45) is 5.92 Å². The SMILES string of the molecule is CCOc1ccc(CNC(=O)c2ccc3c(n2)CCC(C)C3)cn1. The zero-order valence-electron chi connectivity index (χ0n) is 14.2. The lowest BCUT2D eigenvalue weighted by Gasteiger charge is -2.20. The Kier molecular flexibility index (Phi) is 5.08. The van der Waals surface area contributed by atoms with Gasteiger partial charge in [-0.1, -0.05) is 19.1 Å². The number of nitrogens with one attached hydrogen (secondary N) is 1. The van der Waals surface area contributed by atoms with E-state index < -0.39 is 0 Å². The summed E-state index contributed by atoms with van der Waals surface area (Å²) in [5.41, 5.74) is 3.77. The molecule has 5 nitrogen and oxygen atoms in total. The first kappa shape index (κ1) is 16.4. The molecule has 0 aromatic carbocycles. The number of amides is 1. The van der Waals surface area contributed by atoms with Gasteiger partial charge in [0.25, 0.3) is 5.91 Å². The Morgan fingerprint density at radius 2 is 2.21 bits per heavy atom. The topological polar surface area (TPSA) is 64.1 Å². The molecule has 0 aliphatic heterocycles. The molecule has 0 radical (unpaired) electrons. The van der Waals surface area contributed by atoms with Gasteiger partial charge >= 0.3 is 0 Å². The Balaban J connectivity index is 1.61. The van der Waals surface area contributed by atoms with Crippen LogP contribution < -0.4 is 10.1 Å². The van der Waals surface area contributed by atoms with Gasteiger partial charge in [0, 0.05) is 24.5 Å². The van der Waals surface area contributed by atoms with Crippen molar-refractivity contribution >= 4 is 5.91 Å². The van der Waals surface area contributed by atoms with Gasteiger partial charge in [-0.3, -0.25) is 4.79 Å². The summed E-state index contributed by atoms with van der Waals surface area (Å²) in [5, 5.41) is 2.90. The summed E-state index contributed by atoms with van der Waals surface area (Å²) in [6.07, 6.45) is 4.87. The number of pyridine rings is 2. The highest BCUT2D eigenvalue weighted by Crippen LogP contribution is 2.24. The highest BCUT2D eigenvalue weighted by molar-refractivity contribution is 5.92. The lowest BCUT2D eigenvalue weighted by molar-refractivity contribution is 0.0945. The van der Waals surface area contributed by atoms with Gasteiger partial charge in [-0.15, -0.1) is 0 Å². The molecular weight excluding hydrogens is 302 g/mol. The van der Waals surface area contributed by atoms with E-state index in [1.807, 2.05) is 31.2 Å². The second-order valence-corrected chi connectivity index (χ2v) is 6.27. The van der Waals surface area contributed by atoms with E-state index >= 15 is 0 Å². The Labute approximate surface area is 142 Å². The van der Waals surface area contributed by atoms with Crippen molar-refractivity contribution in [2.45, 2.75) is 39.7 Å². The van der Waals surface area contributed by atoms with Crippen molar-refractivity contribution in [3.05, 3.63) is 53.0 Å². The van der Waals surface area contributed by atoms with Crippen LogP contribution in [0.2, 0.25) is 0 Å². The van der Waals surface area contributed by atoms with Gasteiger partial charge < -0.3 is 10.1 Å². The van der Waals surface area contributed by atoms with Crippen LogP contribution in [0.5, 0.6) is 5.88 Å². The minimum Gasteiger partial charge on any atom is -0.478 e. The predicted molar refractivity (Wildman–Crippen MR) is 92.0 cm³/mol. The largest absolute Gasteiger partial charge is 0.478 e.